The van der Waals surface area contributed by atoms with Crippen molar-refractivity contribution in [3.8, 4) is 5.88 Å². The number of benzene rings is 1. The third-order valence-corrected chi connectivity index (χ3v) is 7.74. The Morgan fingerprint density at radius 1 is 1.17 bits per heavy atom. The van der Waals surface area contributed by atoms with Crippen LogP contribution in [0.2, 0.25) is 0 Å². The number of fused-ring (bicyclic) bond motifs is 1. The number of rotatable bonds is 6. The number of likely N-dealkylation sites (tertiary alicyclic amines) is 1. The van der Waals surface area contributed by atoms with Crippen LogP contribution in [0, 0.1) is 5.92 Å². The Morgan fingerprint density at radius 3 is 2.60 bits per heavy atom. The van der Waals surface area contributed by atoms with E-state index in [1.54, 1.807) is 24.3 Å². The van der Waals surface area contributed by atoms with Crippen LogP contribution in [0.4, 0.5) is 25.1 Å². The average Bonchev–Trinajstić information content (AvgIpc) is 3.23. The lowest BCUT2D eigenvalue weighted by molar-refractivity contribution is 0.0463. The molecule has 0 bridgehead atoms. The van der Waals surface area contributed by atoms with Crippen molar-refractivity contribution in [2.45, 2.75) is 42.6 Å². The number of halogens is 2. The molecule has 35 heavy (non-hydrogen) atoms. The number of carbonyl (C=O) groups is 1. The number of carbonyl (C=O) groups excluding carboxylic acids is 1. The summed E-state index contributed by atoms with van der Waals surface area (Å²) in [6.07, 6.45) is 3.50. The van der Waals surface area contributed by atoms with Crippen LogP contribution in [-0.4, -0.2) is 73.9 Å². The third-order valence-electron chi connectivity index (χ3n) is 6.63. The molecule has 0 spiro atoms. The molecule has 3 aliphatic rings. The Morgan fingerprint density at radius 2 is 1.91 bits per heavy atom. The van der Waals surface area contributed by atoms with E-state index in [2.05, 4.69) is 9.97 Å². The molecule has 1 unspecified atom stereocenters. The molecule has 2 aromatic rings. The third kappa shape index (κ3) is 5.16. The second-order valence-corrected chi connectivity index (χ2v) is 11.2. The number of piperidine rings is 1. The summed E-state index contributed by atoms with van der Waals surface area (Å²) in [6.45, 7) is 1.23. The van der Waals surface area contributed by atoms with Crippen molar-refractivity contribution in [1.29, 1.82) is 0 Å². The molecule has 5 rings (SSSR count). The highest BCUT2D eigenvalue weighted by molar-refractivity contribution is 7.90. The Kier molecular flexibility index (Phi) is 6.02. The molecule has 1 aliphatic carbocycles. The zero-order chi connectivity index (χ0) is 24.8. The van der Waals surface area contributed by atoms with Crippen molar-refractivity contribution in [2.24, 2.45) is 5.92 Å². The summed E-state index contributed by atoms with van der Waals surface area (Å²) in [5.74, 6) is -2.50. The van der Waals surface area contributed by atoms with Crippen LogP contribution in [0.25, 0.3) is 0 Å². The maximum Gasteiger partial charge on any atom is 0.409 e. The molecular weight excluding hydrogens is 482 g/mol. The zero-order valence-corrected chi connectivity index (χ0v) is 20.0. The van der Waals surface area contributed by atoms with Gasteiger partial charge in [0, 0.05) is 56.9 Å². The van der Waals surface area contributed by atoms with E-state index in [4.69, 9.17) is 9.47 Å². The van der Waals surface area contributed by atoms with Gasteiger partial charge in [0.15, 0.2) is 9.84 Å². The highest BCUT2D eigenvalue weighted by Gasteiger charge is 2.57. The average molecular weight is 509 g/mol. The van der Waals surface area contributed by atoms with Crippen molar-refractivity contribution in [3.05, 3.63) is 36.2 Å². The molecular formula is C23H26F2N4O5S. The van der Waals surface area contributed by atoms with Gasteiger partial charge in [0.1, 0.15) is 24.9 Å². The zero-order valence-electron chi connectivity index (χ0n) is 19.2. The predicted octanol–water partition coefficient (Wildman–Crippen LogP) is 3.21. The van der Waals surface area contributed by atoms with E-state index < -0.39 is 27.8 Å². The van der Waals surface area contributed by atoms with Gasteiger partial charge in [0.2, 0.25) is 5.88 Å². The van der Waals surface area contributed by atoms with Crippen molar-refractivity contribution in [1.82, 2.24) is 14.9 Å². The number of amides is 1. The molecule has 2 aliphatic heterocycles. The van der Waals surface area contributed by atoms with Crippen LogP contribution >= 0.6 is 0 Å². The number of ether oxygens (including phenoxy) is 2. The van der Waals surface area contributed by atoms with E-state index in [0.29, 0.717) is 55.5 Å². The minimum absolute atomic E-state index is 0.155. The lowest BCUT2D eigenvalue weighted by Crippen LogP contribution is -2.42. The Balaban J connectivity index is 1.17. The van der Waals surface area contributed by atoms with E-state index in [9.17, 15) is 22.0 Å². The Bertz CT molecular complexity index is 1230. The van der Waals surface area contributed by atoms with Gasteiger partial charge in [-0.1, -0.05) is 0 Å². The first-order valence-electron chi connectivity index (χ1n) is 11.5. The fraction of sp³-hybridized carbons (Fsp3) is 0.522. The minimum atomic E-state index is -3.27. The highest BCUT2D eigenvalue weighted by atomic mass is 32.2. The second kappa shape index (κ2) is 8.89. The number of nitrogens with zero attached hydrogens (tertiary/aromatic N) is 4. The minimum Gasteiger partial charge on any atom is -0.474 e. The highest BCUT2D eigenvalue weighted by Crippen LogP contribution is 2.48. The molecule has 3 heterocycles. The Labute approximate surface area is 202 Å². The first-order chi connectivity index (χ1) is 16.6. The van der Waals surface area contributed by atoms with Gasteiger partial charge in [-0.3, -0.25) is 0 Å². The molecule has 9 nitrogen and oxygen atoms in total. The molecule has 0 N–H and O–H groups in total. The molecule has 1 saturated carbocycles. The summed E-state index contributed by atoms with van der Waals surface area (Å²) in [7, 11) is -3.27. The summed E-state index contributed by atoms with van der Waals surface area (Å²) < 4.78 is 60.7. The van der Waals surface area contributed by atoms with Crippen LogP contribution in [0.15, 0.2) is 35.5 Å². The topological polar surface area (TPSA) is 102 Å². The van der Waals surface area contributed by atoms with Crippen molar-refractivity contribution < 1.29 is 31.5 Å². The van der Waals surface area contributed by atoms with E-state index in [1.807, 2.05) is 4.90 Å². The van der Waals surface area contributed by atoms with E-state index in [1.165, 1.54) is 17.5 Å². The number of hydrogen-bond acceptors (Lipinski definition) is 8. The Hall–Kier alpha value is -3.02. The normalized spacial score (nSPS) is 21.5. The molecule has 1 saturated heterocycles. The van der Waals surface area contributed by atoms with Gasteiger partial charge in [0.05, 0.1) is 10.8 Å². The molecule has 12 heteroatoms. The summed E-state index contributed by atoms with van der Waals surface area (Å²) >= 11 is 0. The maximum absolute atomic E-state index is 12.9. The number of alkyl halides is 2. The van der Waals surface area contributed by atoms with Gasteiger partial charge in [-0.15, -0.1) is 0 Å². The van der Waals surface area contributed by atoms with E-state index in [0.717, 1.165) is 11.3 Å². The second-order valence-electron chi connectivity index (χ2n) is 9.22. The SMILES string of the molecule is CS(=O)(=O)c1ccc2c(c1)CCN2c1cc(OC2CCN(C(=O)OCC3CC3(F)F)CC2)ncn1. The number of anilines is 2. The lowest BCUT2D eigenvalue weighted by atomic mass is 10.1. The number of hydrogen-bond donors (Lipinski definition) is 0. The van der Waals surface area contributed by atoms with Crippen molar-refractivity contribution in [3.63, 3.8) is 0 Å². The maximum atomic E-state index is 12.9. The fourth-order valence-corrected chi connectivity index (χ4v) is 5.10. The van der Waals surface area contributed by atoms with Gasteiger partial charge in [-0.05, 0) is 30.2 Å². The summed E-state index contributed by atoms with van der Waals surface area (Å²) in [4.78, 5) is 24.5. The number of sulfone groups is 1. The van der Waals surface area contributed by atoms with E-state index in [-0.39, 0.29) is 19.1 Å². The van der Waals surface area contributed by atoms with Crippen LogP contribution in [0.1, 0.15) is 24.8 Å². The van der Waals surface area contributed by atoms with Crippen LogP contribution in [-0.2, 0) is 21.0 Å². The summed E-state index contributed by atoms with van der Waals surface area (Å²) in [5, 5.41) is 0. The summed E-state index contributed by atoms with van der Waals surface area (Å²) in [6, 6.07) is 6.84. The van der Waals surface area contributed by atoms with Gasteiger partial charge in [0.25, 0.3) is 5.92 Å². The van der Waals surface area contributed by atoms with Gasteiger partial charge >= 0.3 is 6.09 Å². The van der Waals surface area contributed by atoms with Gasteiger partial charge in [-0.2, -0.15) is 0 Å². The quantitative estimate of drug-likeness (QED) is 0.586. The molecule has 1 aromatic heterocycles. The largest absolute Gasteiger partial charge is 0.474 e. The number of aromatic nitrogens is 2. The first-order valence-corrected chi connectivity index (χ1v) is 13.4. The van der Waals surface area contributed by atoms with Crippen LogP contribution < -0.4 is 9.64 Å². The molecule has 1 aromatic carbocycles. The van der Waals surface area contributed by atoms with Crippen LogP contribution in [0.3, 0.4) is 0 Å². The summed E-state index contributed by atoms with van der Waals surface area (Å²) in [5.41, 5.74) is 1.84. The van der Waals surface area contributed by atoms with Crippen LogP contribution in [0.5, 0.6) is 5.88 Å². The monoisotopic (exact) mass is 508 g/mol. The smallest absolute Gasteiger partial charge is 0.409 e. The van der Waals surface area contributed by atoms with Gasteiger partial charge < -0.3 is 19.3 Å². The standard InChI is InChI=1S/C23H26F2N4O5S/c1-35(31,32)18-2-3-19-15(10-18)4-9-29(19)20-11-21(27-14-26-20)34-17-5-7-28(8-6-17)22(30)33-13-16-12-23(16,24)25/h2-3,10-11,14,16-17H,4-9,12-13H2,1H3. The van der Waals surface area contributed by atoms with Gasteiger partial charge in [-0.25, -0.2) is 32.0 Å². The molecule has 1 amide bonds. The van der Waals surface area contributed by atoms with E-state index >= 15 is 0 Å². The van der Waals surface area contributed by atoms with Crippen molar-refractivity contribution >= 4 is 27.4 Å². The fourth-order valence-electron chi connectivity index (χ4n) is 4.43. The predicted molar refractivity (Wildman–Crippen MR) is 122 cm³/mol. The lowest BCUT2D eigenvalue weighted by Gasteiger charge is -2.31. The molecule has 2 fully saturated rings. The molecule has 0 radical (unpaired) electrons. The molecule has 1 atom stereocenters. The molecule has 188 valence electrons. The van der Waals surface area contributed by atoms with Crippen molar-refractivity contribution in [2.75, 3.05) is 37.4 Å². The first kappa shape index (κ1) is 23.7.